The molecule has 1 saturated carbocycles. The van der Waals surface area contributed by atoms with Gasteiger partial charge in [-0.3, -0.25) is 4.90 Å². The van der Waals surface area contributed by atoms with Crippen molar-refractivity contribution < 1.29 is 0 Å². The summed E-state index contributed by atoms with van der Waals surface area (Å²) >= 11 is 0. The molecule has 1 atom stereocenters. The summed E-state index contributed by atoms with van der Waals surface area (Å²) in [5.41, 5.74) is 5.70. The molecule has 0 aromatic heterocycles. The predicted octanol–water partition coefficient (Wildman–Crippen LogP) is 1.37. The van der Waals surface area contributed by atoms with Crippen LogP contribution in [0.1, 0.15) is 26.2 Å². The maximum absolute atomic E-state index is 5.70. The molecular weight excluding hydrogens is 148 g/mol. The molecular formula is C10H20N2. The van der Waals surface area contributed by atoms with Gasteiger partial charge in [-0.15, -0.1) is 6.58 Å². The molecule has 0 radical (unpaired) electrons. The Morgan fingerprint density at radius 1 is 1.67 bits per heavy atom. The Morgan fingerprint density at radius 3 is 2.67 bits per heavy atom. The molecule has 1 unspecified atom stereocenters. The fourth-order valence-corrected chi connectivity index (χ4v) is 1.69. The average Bonchev–Trinajstić information content (AvgIpc) is 2.88. The standard InChI is InChI=1S/C10H20N2/c1-3-7-12(10-5-6-10)9(4-2)8-11/h3,9-10H,1,4-8,11H2,2H3. The van der Waals surface area contributed by atoms with Gasteiger partial charge in [-0.1, -0.05) is 13.0 Å². The lowest BCUT2D eigenvalue weighted by Crippen LogP contribution is -2.41. The molecule has 1 rings (SSSR count). The van der Waals surface area contributed by atoms with E-state index in [1.165, 1.54) is 12.8 Å². The number of rotatable bonds is 6. The normalized spacial score (nSPS) is 19.6. The van der Waals surface area contributed by atoms with E-state index in [1.807, 2.05) is 6.08 Å². The molecule has 1 aliphatic rings. The van der Waals surface area contributed by atoms with E-state index in [-0.39, 0.29) is 0 Å². The van der Waals surface area contributed by atoms with Gasteiger partial charge in [0.1, 0.15) is 0 Å². The zero-order valence-electron chi connectivity index (χ0n) is 8.00. The highest BCUT2D eigenvalue weighted by molar-refractivity contribution is 4.91. The van der Waals surface area contributed by atoms with Crippen molar-refractivity contribution in [3.63, 3.8) is 0 Å². The van der Waals surface area contributed by atoms with E-state index in [1.54, 1.807) is 0 Å². The SMILES string of the molecule is C=CCN(C(CC)CN)C1CC1. The Kier molecular flexibility index (Phi) is 3.76. The second-order valence-corrected chi connectivity index (χ2v) is 3.51. The molecule has 2 heteroatoms. The van der Waals surface area contributed by atoms with Crippen molar-refractivity contribution in [2.45, 2.75) is 38.3 Å². The van der Waals surface area contributed by atoms with Gasteiger partial charge in [0, 0.05) is 25.2 Å². The summed E-state index contributed by atoms with van der Waals surface area (Å²) < 4.78 is 0. The Bertz CT molecular complexity index is 137. The molecule has 0 aromatic rings. The zero-order valence-corrected chi connectivity index (χ0v) is 8.00. The summed E-state index contributed by atoms with van der Waals surface area (Å²) in [5.74, 6) is 0. The van der Waals surface area contributed by atoms with Gasteiger partial charge in [-0.25, -0.2) is 0 Å². The molecule has 0 aliphatic heterocycles. The van der Waals surface area contributed by atoms with Crippen LogP contribution >= 0.6 is 0 Å². The van der Waals surface area contributed by atoms with Crippen LogP contribution in [0.25, 0.3) is 0 Å². The summed E-state index contributed by atoms with van der Waals surface area (Å²) in [6.07, 6.45) is 5.84. The molecule has 0 bridgehead atoms. The first-order chi connectivity index (χ1) is 5.83. The number of hydrogen-bond acceptors (Lipinski definition) is 2. The summed E-state index contributed by atoms with van der Waals surface area (Å²) in [5, 5.41) is 0. The molecule has 0 aromatic carbocycles. The Balaban J connectivity index is 2.43. The van der Waals surface area contributed by atoms with E-state index in [0.717, 1.165) is 25.6 Å². The molecule has 70 valence electrons. The summed E-state index contributed by atoms with van der Waals surface area (Å²) in [7, 11) is 0. The second kappa shape index (κ2) is 4.63. The van der Waals surface area contributed by atoms with E-state index in [9.17, 15) is 0 Å². The fourth-order valence-electron chi connectivity index (χ4n) is 1.69. The van der Waals surface area contributed by atoms with E-state index >= 15 is 0 Å². The van der Waals surface area contributed by atoms with Crippen LogP contribution in [-0.4, -0.2) is 30.1 Å². The highest BCUT2D eigenvalue weighted by Gasteiger charge is 2.31. The van der Waals surface area contributed by atoms with E-state index in [2.05, 4.69) is 18.4 Å². The van der Waals surface area contributed by atoms with E-state index in [0.29, 0.717) is 6.04 Å². The summed E-state index contributed by atoms with van der Waals surface area (Å²) in [6, 6.07) is 1.37. The first kappa shape index (κ1) is 9.75. The van der Waals surface area contributed by atoms with E-state index in [4.69, 9.17) is 5.73 Å². The number of hydrogen-bond donors (Lipinski definition) is 1. The molecule has 2 nitrogen and oxygen atoms in total. The number of nitrogens with two attached hydrogens (primary N) is 1. The third-order valence-corrected chi connectivity index (χ3v) is 2.57. The van der Waals surface area contributed by atoms with Crippen molar-refractivity contribution in [1.29, 1.82) is 0 Å². The molecule has 0 amide bonds. The van der Waals surface area contributed by atoms with Crippen LogP contribution < -0.4 is 5.73 Å². The van der Waals surface area contributed by atoms with Gasteiger partial charge in [-0.05, 0) is 19.3 Å². The highest BCUT2D eigenvalue weighted by Crippen LogP contribution is 2.28. The minimum absolute atomic E-state index is 0.565. The quantitative estimate of drug-likeness (QED) is 0.607. The lowest BCUT2D eigenvalue weighted by molar-refractivity contribution is 0.206. The Hall–Kier alpha value is -0.340. The topological polar surface area (TPSA) is 29.3 Å². The van der Waals surface area contributed by atoms with Crippen LogP contribution in [-0.2, 0) is 0 Å². The molecule has 0 saturated heterocycles. The maximum atomic E-state index is 5.70. The van der Waals surface area contributed by atoms with Crippen LogP contribution in [0.5, 0.6) is 0 Å². The van der Waals surface area contributed by atoms with Crippen LogP contribution in [0.2, 0.25) is 0 Å². The van der Waals surface area contributed by atoms with Gasteiger partial charge in [-0.2, -0.15) is 0 Å². The third-order valence-electron chi connectivity index (χ3n) is 2.57. The van der Waals surface area contributed by atoms with Crippen molar-refractivity contribution in [3.05, 3.63) is 12.7 Å². The van der Waals surface area contributed by atoms with Gasteiger partial charge in [0.05, 0.1) is 0 Å². The van der Waals surface area contributed by atoms with Crippen molar-refractivity contribution in [3.8, 4) is 0 Å². The molecule has 2 N–H and O–H groups in total. The van der Waals surface area contributed by atoms with E-state index < -0.39 is 0 Å². The van der Waals surface area contributed by atoms with Gasteiger partial charge >= 0.3 is 0 Å². The largest absolute Gasteiger partial charge is 0.329 e. The molecule has 12 heavy (non-hydrogen) atoms. The van der Waals surface area contributed by atoms with Gasteiger partial charge in [0.15, 0.2) is 0 Å². The van der Waals surface area contributed by atoms with Crippen molar-refractivity contribution >= 4 is 0 Å². The van der Waals surface area contributed by atoms with Crippen LogP contribution in [0, 0.1) is 0 Å². The molecule has 1 fully saturated rings. The Labute approximate surface area is 75.4 Å². The summed E-state index contributed by atoms with van der Waals surface area (Å²) in [4.78, 5) is 2.49. The van der Waals surface area contributed by atoms with Gasteiger partial charge < -0.3 is 5.73 Å². The predicted molar refractivity (Wildman–Crippen MR) is 53.1 cm³/mol. The first-order valence-corrected chi connectivity index (χ1v) is 4.90. The fraction of sp³-hybridized carbons (Fsp3) is 0.800. The third kappa shape index (κ3) is 2.32. The lowest BCUT2D eigenvalue weighted by atomic mass is 10.2. The lowest BCUT2D eigenvalue weighted by Gasteiger charge is -2.28. The monoisotopic (exact) mass is 168 g/mol. The average molecular weight is 168 g/mol. The minimum Gasteiger partial charge on any atom is -0.329 e. The smallest absolute Gasteiger partial charge is 0.0222 e. The van der Waals surface area contributed by atoms with Crippen LogP contribution in [0.3, 0.4) is 0 Å². The summed E-state index contributed by atoms with van der Waals surface area (Å²) in [6.45, 7) is 7.76. The highest BCUT2D eigenvalue weighted by atomic mass is 15.2. The van der Waals surface area contributed by atoms with Gasteiger partial charge in [0.25, 0.3) is 0 Å². The minimum atomic E-state index is 0.565. The maximum Gasteiger partial charge on any atom is 0.0222 e. The Morgan fingerprint density at radius 2 is 2.33 bits per heavy atom. The first-order valence-electron chi connectivity index (χ1n) is 4.90. The molecule has 1 aliphatic carbocycles. The van der Waals surface area contributed by atoms with Crippen molar-refractivity contribution in [2.75, 3.05) is 13.1 Å². The van der Waals surface area contributed by atoms with Gasteiger partial charge in [0.2, 0.25) is 0 Å². The zero-order chi connectivity index (χ0) is 8.97. The number of nitrogens with zero attached hydrogens (tertiary/aromatic N) is 1. The second-order valence-electron chi connectivity index (χ2n) is 3.51. The molecule has 0 heterocycles. The van der Waals surface area contributed by atoms with Crippen LogP contribution in [0.15, 0.2) is 12.7 Å². The van der Waals surface area contributed by atoms with Crippen molar-refractivity contribution in [1.82, 2.24) is 4.90 Å². The van der Waals surface area contributed by atoms with Crippen molar-refractivity contribution in [2.24, 2.45) is 5.73 Å². The van der Waals surface area contributed by atoms with Crippen LogP contribution in [0.4, 0.5) is 0 Å². The molecule has 0 spiro atoms.